The lowest BCUT2D eigenvalue weighted by atomic mass is 10.2. The highest BCUT2D eigenvalue weighted by molar-refractivity contribution is 9.10. The van der Waals surface area contributed by atoms with Crippen molar-refractivity contribution in [3.05, 3.63) is 22.4 Å². The molecule has 0 aliphatic heterocycles. The molecular formula is C10H14BrFN2OS. The Kier molecular flexibility index (Phi) is 5.21. The molecule has 0 aliphatic carbocycles. The smallest absolute Gasteiger partial charge is 0.139 e. The summed E-state index contributed by atoms with van der Waals surface area (Å²) in [5.41, 5.74) is 6.71. The average molecular weight is 309 g/mol. The number of hydrogen-bond acceptors (Lipinski definition) is 3. The van der Waals surface area contributed by atoms with Crippen LogP contribution in [0.5, 0.6) is 0 Å². The van der Waals surface area contributed by atoms with E-state index in [0.29, 0.717) is 33.9 Å². The van der Waals surface area contributed by atoms with Crippen molar-refractivity contribution in [2.24, 2.45) is 0 Å². The fourth-order valence-corrected chi connectivity index (χ4v) is 2.14. The van der Waals surface area contributed by atoms with Gasteiger partial charge in [0.25, 0.3) is 0 Å². The zero-order valence-electron chi connectivity index (χ0n) is 8.93. The van der Waals surface area contributed by atoms with Gasteiger partial charge in [0.1, 0.15) is 5.82 Å². The summed E-state index contributed by atoms with van der Waals surface area (Å²) in [4.78, 5) is 0. The second-order valence-electron chi connectivity index (χ2n) is 3.21. The standard InChI is InChI=1S/C10H14BrFN2OS/c1-2-16(15)4-3-14-10-6-8(12)7(11)5-9(10)13/h5-6,14H,2-4,13H2,1H3. The average Bonchev–Trinajstić information content (AvgIpc) is 2.25. The summed E-state index contributed by atoms with van der Waals surface area (Å²) in [6.45, 7) is 2.38. The summed E-state index contributed by atoms with van der Waals surface area (Å²) < 4.78 is 24.7. The Morgan fingerprint density at radius 2 is 2.25 bits per heavy atom. The van der Waals surface area contributed by atoms with Crippen molar-refractivity contribution in [1.82, 2.24) is 0 Å². The number of rotatable bonds is 5. The second kappa shape index (κ2) is 6.20. The summed E-state index contributed by atoms with van der Waals surface area (Å²) in [6.07, 6.45) is 0. The number of nitrogens with one attached hydrogen (secondary N) is 1. The number of benzene rings is 1. The van der Waals surface area contributed by atoms with E-state index in [2.05, 4.69) is 21.2 Å². The lowest BCUT2D eigenvalue weighted by Gasteiger charge is -2.09. The van der Waals surface area contributed by atoms with Crippen LogP contribution >= 0.6 is 15.9 Å². The molecule has 0 fully saturated rings. The maximum absolute atomic E-state index is 13.2. The molecule has 3 N–H and O–H groups in total. The molecule has 1 atom stereocenters. The highest BCUT2D eigenvalue weighted by atomic mass is 79.9. The van der Waals surface area contributed by atoms with Gasteiger partial charge in [0, 0.05) is 34.9 Å². The molecule has 1 unspecified atom stereocenters. The first kappa shape index (κ1) is 13.4. The summed E-state index contributed by atoms with van der Waals surface area (Å²) in [5, 5.41) is 2.97. The van der Waals surface area contributed by atoms with E-state index in [1.807, 2.05) is 6.92 Å². The molecule has 0 saturated carbocycles. The lowest BCUT2D eigenvalue weighted by molar-refractivity contribution is 0.622. The van der Waals surface area contributed by atoms with Crippen LogP contribution < -0.4 is 11.1 Å². The van der Waals surface area contributed by atoms with Crippen LogP contribution in [0.4, 0.5) is 15.8 Å². The largest absolute Gasteiger partial charge is 0.397 e. The topological polar surface area (TPSA) is 55.1 Å². The summed E-state index contributed by atoms with van der Waals surface area (Å²) in [7, 11) is -0.823. The first-order valence-corrected chi connectivity index (χ1v) is 7.16. The molecule has 3 nitrogen and oxygen atoms in total. The van der Waals surface area contributed by atoms with Crippen molar-refractivity contribution in [1.29, 1.82) is 0 Å². The molecule has 0 aromatic heterocycles. The minimum absolute atomic E-state index is 0.340. The van der Waals surface area contributed by atoms with E-state index in [9.17, 15) is 8.60 Å². The van der Waals surface area contributed by atoms with Crippen LogP contribution in [0.3, 0.4) is 0 Å². The molecule has 6 heteroatoms. The van der Waals surface area contributed by atoms with Gasteiger partial charge in [0.05, 0.1) is 15.8 Å². The normalized spacial score (nSPS) is 12.4. The van der Waals surface area contributed by atoms with Gasteiger partial charge in [-0.05, 0) is 22.0 Å². The maximum atomic E-state index is 13.2. The molecular weight excluding hydrogens is 295 g/mol. The van der Waals surface area contributed by atoms with E-state index in [0.717, 1.165) is 0 Å². The van der Waals surface area contributed by atoms with Gasteiger partial charge in [0.15, 0.2) is 0 Å². The number of nitrogen functional groups attached to an aromatic ring is 1. The van der Waals surface area contributed by atoms with Crippen LogP contribution in [-0.2, 0) is 10.8 Å². The Balaban J connectivity index is 2.60. The summed E-state index contributed by atoms with van der Waals surface area (Å²) in [6, 6.07) is 2.84. The third kappa shape index (κ3) is 3.75. The van der Waals surface area contributed by atoms with Crippen molar-refractivity contribution < 1.29 is 8.60 Å². The molecule has 1 aromatic carbocycles. The first-order chi connectivity index (χ1) is 7.54. The Morgan fingerprint density at radius 3 is 2.88 bits per heavy atom. The Hall–Kier alpha value is -0.620. The molecule has 0 aliphatic rings. The van der Waals surface area contributed by atoms with Gasteiger partial charge in [0.2, 0.25) is 0 Å². The number of hydrogen-bond donors (Lipinski definition) is 2. The van der Waals surface area contributed by atoms with Gasteiger partial charge in [-0.25, -0.2) is 4.39 Å². The van der Waals surface area contributed by atoms with E-state index in [1.165, 1.54) is 12.1 Å². The van der Waals surface area contributed by atoms with E-state index in [-0.39, 0.29) is 5.82 Å². The molecule has 16 heavy (non-hydrogen) atoms. The van der Waals surface area contributed by atoms with Gasteiger partial charge in [-0.15, -0.1) is 0 Å². The van der Waals surface area contributed by atoms with Gasteiger partial charge in [-0.2, -0.15) is 0 Å². The highest BCUT2D eigenvalue weighted by Gasteiger charge is 2.05. The van der Waals surface area contributed by atoms with E-state index >= 15 is 0 Å². The van der Waals surface area contributed by atoms with Crippen molar-refractivity contribution in [3.8, 4) is 0 Å². The first-order valence-electron chi connectivity index (χ1n) is 4.88. The van der Waals surface area contributed by atoms with Crippen LogP contribution in [0.2, 0.25) is 0 Å². The van der Waals surface area contributed by atoms with Crippen molar-refractivity contribution in [2.75, 3.05) is 29.1 Å². The van der Waals surface area contributed by atoms with Crippen LogP contribution in [-0.4, -0.2) is 22.3 Å². The zero-order chi connectivity index (χ0) is 12.1. The van der Waals surface area contributed by atoms with E-state index in [1.54, 1.807) is 0 Å². The van der Waals surface area contributed by atoms with Crippen molar-refractivity contribution >= 4 is 38.1 Å². The minimum atomic E-state index is -0.823. The van der Waals surface area contributed by atoms with Gasteiger partial charge in [-0.3, -0.25) is 4.21 Å². The summed E-state index contributed by atoms with van der Waals surface area (Å²) >= 11 is 3.05. The molecule has 0 heterocycles. The fraction of sp³-hybridized carbons (Fsp3) is 0.400. The van der Waals surface area contributed by atoms with Crippen LogP contribution in [0, 0.1) is 5.82 Å². The predicted molar refractivity (Wildman–Crippen MR) is 70.6 cm³/mol. The monoisotopic (exact) mass is 308 g/mol. The van der Waals surface area contributed by atoms with Gasteiger partial charge >= 0.3 is 0 Å². The predicted octanol–water partition coefficient (Wildman–Crippen LogP) is 2.35. The molecule has 0 spiro atoms. The molecule has 1 rings (SSSR count). The molecule has 0 radical (unpaired) electrons. The van der Waals surface area contributed by atoms with E-state index in [4.69, 9.17) is 5.73 Å². The van der Waals surface area contributed by atoms with Crippen LogP contribution in [0.25, 0.3) is 0 Å². The van der Waals surface area contributed by atoms with Crippen LogP contribution in [0.1, 0.15) is 6.92 Å². The fourth-order valence-electron chi connectivity index (χ4n) is 1.16. The number of halogens is 2. The zero-order valence-corrected chi connectivity index (χ0v) is 11.3. The number of anilines is 2. The minimum Gasteiger partial charge on any atom is -0.397 e. The summed E-state index contributed by atoms with van der Waals surface area (Å²) in [5.74, 6) is 0.799. The number of nitrogens with two attached hydrogens (primary N) is 1. The SMILES string of the molecule is CCS(=O)CCNc1cc(F)c(Br)cc1N. The Bertz CT molecular complexity index is 401. The lowest BCUT2D eigenvalue weighted by Crippen LogP contribution is -2.13. The molecule has 90 valence electrons. The van der Waals surface area contributed by atoms with Crippen LogP contribution in [0.15, 0.2) is 16.6 Å². The maximum Gasteiger partial charge on any atom is 0.139 e. The Labute approximate surface area is 105 Å². The third-order valence-electron chi connectivity index (χ3n) is 2.06. The molecule has 0 bridgehead atoms. The molecule has 0 amide bonds. The quantitative estimate of drug-likeness (QED) is 0.821. The molecule has 0 saturated heterocycles. The third-order valence-corrected chi connectivity index (χ3v) is 3.97. The highest BCUT2D eigenvalue weighted by Crippen LogP contribution is 2.26. The van der Waals surface area contributed by atoms with Gasteiger partial charge in [-0.1, -0.05) is 6.92 Å². The van der Waals surface area contributed by atoms with Crippen molar-refractivity contribution in [3.63, 3.8) is 0 Å². The molecule has 1 aromatic rings. The second-order valence-corrected chi connectivity index (χ2v) is 5.93. The van der Waals surface area contributed by atoms with Gasteiger partial charge < -0.3 is 11.1 Å². The van der Waals surface area contributed by atoms with E-state index < -0.39 is 10.8 Å². The van der Waals surface area contributed by atoms with Crippen molar-refractivity contribution in [2.45, 2.75) is 6.92 Å². The Morgan fingerprint density at radius 1 is 1.56 bits per heavy atom.